The molecule has 1 heterocycles. The van der Waals surface area contributed by atoms with Crippen LogP contribution in [0.25, 0.3) is 0 Å². The Morgan fingerprint density at radius 2 is 2.57 bits per heavy atom. The van der Waals surface area contributed by atoms with Crippen molar-refractivity contribution in [3.8, 4) is 0 Å². The maximum absolute atomic E-state index is 3.92. The summed E-state index contributed by atoms with van der Waals surface area (Å²) in [6.07, 6.45) is 5.57. The molecule has 1 N–H and O–H groups in total. The average molecular weight is 95.1 g/mol. The van der Waals surface area contributed by atoms with Crippen molar-refractivity contribution in [3.05, 3.63) is 24.2 Å². The van der Waals surface area contributed by atoms with E-state index in [-0.39, 0.29) is 0 Å². The van der Waals surface area contributed by atoms with Crippen LogP contribution in [0.15, 0.2) is 24.2 Å². The molecule has 0 aromatic carbocycles. The summed E-state index contributed by atoms with van der Waals surface area (Å²) in [7, 11) is 1.85. The van der Waals surface area contributed by atoms with Crippen molar-refractivity contribution in [1.29, 1.82) is 0 Å². The molecule has 0 atom stereocenters. The van der Waals surface area contributed by atoms with E-state index >= 15 is 0 Å². The Bertz CT molecular complexity index is 113. The van der Waals surface area contributed by atoms with Gasteiger partial charge in [0.2, 0.25) is 0 Å². The van der Waals surface area contributed by atoms with Crippen LogP contribution >= 0.6 is 0 Å². The van der Waals surface area contributed by atoms with Gasteiger partial charge >= 0.3 is 0 Å². The van der Waals surface area contributed by atoms with Crippen molar-refractivity contribution < 1.29 is 0 Å². The minimum absolute atomic E-state index is 0.931. The SMILES string of the molecule is CNC1=CC=C[N]1. The normalized spacial score (nSPS) is 15.9. The third kappa shape index (κ3) is 0.738. The maximum atomic E-state index is 3.92. The fraction of sp³-hybridized carbons (Fsp3) is 0.200. The van der Waals surface area contributed by atoms with E-state index in [0.717, 1.165) is 5.82 Å². The van der Waals surface area contributed by atoms with E-state index in [9.17, 15) is 0 Å². The van der Waals surface area contributed by atoms with E-state index in [0.29, 0.717) is 0 Å². The van der Waals surface area contributed by atoms with Gasteiger partial charge in [-0.15, -0.1) is 0 Å². The molecule has 7 heavy (non-hydrogen) atoms. The summed E-state index contributed by atoms with van der Waals surface area (Å²) in [5.74, 6) is 0.931. The highest BCUT2D eigenvalue weighted by Gasteiger charge is 1.91. The highest BCUT2D eigenvalue weighted by atomic mass is 15.1. The smallest absolute Gasteiger partial charge is 0.125 e. The van der Waals surface area contributed by atoms with Gasteiger partial charge in [-0.2, -0.15) is 0 Å². The van der Waals surface area contributed by atoms with Gasteiger partial charge in [0.25, 0.3) is 0 Å². The third-order valence-electron chi connectivity index (χ3n) is 0.810. The predicted molar refractivity (Wildman–Crippen MR) is 28.4 cm³/mol. The summed E-state index contributed by atoms with van der Waals surface area (Å²) in [6, 6.07) is 0. The molecule has 0 spiro atoms. The molecule has 1 aliphatic rings. The summed E-state index contributed by atoms with van der Waals surface area (Å²) in [6.45, 7) is 0. The number of nitrogens with one attached hydrogen (secondary N) is 1. The van der Waals surface area contributed by atoms with Crippen molar-refractivity contribution in [2.45, 2.75) is 0 Å². The lowest BCUT2D eigenvalue weighted by molar-refractivity contribution is 0.877. The van der Waals surface area contributed by atoms with E-state index < -0.39 is 0 Å². The molecule has 0 aliphatic carbocycles. The zero-order chi connectivity index (χ0) is 5.11. The van der Waals surface area contributed by atoms with Crippen molar-refractivity contribution in [2.75, 3.05) is 7.05 Å². The Morgan fingerprint density at radius 1 is 1.71 bits per heavy atom. The standard InChI is InChI=1S/C5H7N2/c1-6-5-3-2-4-7-5/h2-4,6H,1H3. The largest absolute Gasteiger partial charge is 0.373 e. The summed E-state index contributed by atoms with van der Waals surface area (Å²) in [5, 5.41) is 6.82. The molecule has 1 radical (unpaired) electrons. The van der Waals surface area contributed by atoms with Gasteiger partial charge in [-0.3, -0.25) is 0 Å². The van der Waals surface area contributed by atoms with Crippen LogP contribution in [0.5, 0.6) is 0 Å². The average Bonchev–Trinajstić information content (AvgIpc) is 2.14. The quantitative estimate of drug-likeness (QED) is 0.494. The molecule has 37 valence electrons. The summed E-state index contributed by atoms with van der Waals surface area (Å²) in [5.41, 5.74) is 0. The maximum Gasteiger partial charge on any atom is 0.125 e. The molecule has 2 heteroatoms. The first-order valence-corrected chi connectivity index (χ1v) is 2.19. The molecular formula is C5H7N2. The highest BCUT2D eigenvalue weighted by molar-refractivity contribution is 5.17. The fourth-order valence-electron chi connectivity index (χ4n) is 0.448. The first kappa shape index (κ1) is 4.24. The molecule has 0 fully saturated rings. The minimum atomic E-state index is 0.931. The number of rotatable bonds is 1. The van der Waals surface area contributed by atoms with Gasteiger partial charge in [-0.1, -0.05) is 0 Å². The monoisotopic (exact) mass is 95.1 g/mol. The lowest BCUT2D eigenvalue weighted by Crippen LogP contribution is -2.09. The Kier molecular flexibility index (Phi) is 1.02. The molecule has 2 nitrogen and oxygen atoms in total. The molecule has 1 rings (SSSR count). The molecule has 1 aliphatic heterocycles. The van der Waals surface area contributed by atoms with E-state index in [1.165, 1.54) is 0 Å². The van der Waals surface area contributed by atoms with Gasteiger partial charge < -0.3 is 5.32 Å². The Balaban J connectivity index is 2.45. The first-order valence-electron chi connectivity index (χ1n) is 2.19. The van der Waals surface area contributed by atoms with Crippen LogP contribution in [0, 0.1) is 0 Å². The van der Waals surface area contributed by atoms with E-state index in [1.807, 2.05) is 19.2 Å². The molecular weight excluding hydrogens is 88.1 g/mol. The van der Waals surface area contributed by atoms with Crippen molar-refractivity contribution in [1.82, 2.24) is 10.6 Å². The second kappa shape index (κ2) is 1.69. The number of hydrogen-bond acceptors (Lipinski definition) is 1. The first-order chi connectivity index (χ1) is 3.43. The molecule has 0 aromatic heterocycles. The van der Waals surface area contributed by atoms with Gasteiger partial charge in [0, 0.05) is 13.2 Å². The topological polar surface area (TPSA) is 26.1 Å². The van der Waals surface area contributed by atoms with Crippen LogP contribution in [0.1, 0.15) is 0 Å². The molecule has 0 bridgehead atoms. The Morgan fingerprint density at radius 3 is 2.86 bits per heavy atom. The second-order valence-electron chi connectivity index (χ2n) is 1.27. The minimum Gasteiger partial charge on any atom is -0.373 e. The van der Waals surface area contributed by atoms with Crippen LogP contribution in [-0.4, -0.2) is 7.05 Å². The van der Waals surface area contributed by atoms with Gasteiger partial charge in [-0.25, -0.2) is 5.32 Å². The van der Waals surface area contributed by atoms with Crippen molar-refractivity contribution >= 4 is 0 Å². The Labute approximate surface area is 42.9 Å². The van der Waals surface area contributed by atoms with Crippen LogP contribution in [0.3, 0.4) is 0 Å². The van der Waals surface area contributed by atoms with Crippen LogP contribution in [0.4, 0.5) is 0 Å². The summed E-state index contributed by atoms with van der Waals surface area (Å²) in [4.78, 5) is 0. The van der Waals surface area contributed by atoms with Crippen molar-refractivity contribution in [3.63, 3.8) is 0 Å². The van der Waals surface area contributed by atoms with Crippen LogP contribution < -0.4 is 10.6 Å². The number of allylic oxidation sites excluding steroid dienone is 2. The van der Waals surface area contributed by atoms with Gasteiger partial charge in [0.05, 0.1) is 0 Å². The van der Waals surface area contributed by atoms with Gasteiger partial charge in [-0.05, 0) is 12.2 Å². The lowest BCUT2D eigenvalue weighted by Gasteiger charge is -1.94. The van der Waals surface area contributed by atoms with Crippen molar-refractivity contribution in [2.24, 2.45) is 0 Å². The van der Waals surface area contributed by atoms with E-state index in [1.54, 1.807) is 6.20 Å². The summed E-state index contributed by atoms with van der Waals surface area (Å²) < 4.78 is 0. The number of nitrogens with zero attached hydrogens (tertiary/aromatic N) is 1. The third-order valence-corrected chi connectivity index (χ3v) is 0.810. The predicted octanol–water partition coefficient (Wildman–Crippen LogP) is 0.179. The fourth-order valence-corrected chi connectivity index (χ4v) is 0.448. The number of hydrogen-bond donors (Lipinski definition) is 1. The molecule has 0 saturated heterocycles. The lowest BCUT2D eigenvalue weighted by atomic mass is 10.6. The summed E-state index contributed by atoms with van der Waals surface area (Å²) >= 11 is 0. The molecule has 0 aromatic rings. The van der Waals surface area contributed by atoms with Crippen LogP contribution in [-0.2, 0) is 0 Å². The molecule has 0 amide bonds. The van der Waals surface area contributed by atoms with E-state index in [4.69, 9.17) is 0 Å². The zero-order valence-corrected chi connectivity index (χ0v) is 4.18. The highest BCUT2D eigenvalue weighted by Crippen LogP contribution is 1.92. The van der Waals surface area contributed by atoms with Gasteiger partial charge in [0.15, 0.2) is 0 Å². The van der Waals surface area contributed by atoms with Gasteiger partial charge in [0.1, 0.15) is 5.82 Å². The Hall–Kier alpha value is -0.920. The molecule has 0 unspecified atom stereocenters. The molecule has 0 saturated carbocycles. The zero-order valence-electron chi connectivity index (χ0n) is 4.18. The second-order valence-corrected chi connectivity index (χ2v) is 1.27. The van der Waals surface area contributed by atoms with E-state index in [2.05, 4.69) is 10.6 Å². The van der Waals surface area contributed by atoms with Crippen LogP contribution in [0.2, 0.25) is 0 Å².